The summed E-state index contributed by atoms with van der Waals surface area (Å²) in [6.07, 6.45) is 36.2. The molecule has 3 unspecified atom stereocenters. The zero-order valence-electron chi connectivity index (χ0n) is 43.9. The van der Waals surface area contributed by atoms with Crippen LogP contribution in [0.1, 0.15) is 168 Å². The van der Waals surface area contributed by atoms with Crippen LogP contribution in [0.25, 0.3) is 0 Å². The summed E-state index contributed by atoms with van der Waals surface area (Å²) < 4.78 is 56.7. The molecule has 74 heavy (non-hydrogen) atoms. The average Bonchev–Trinajstić information content (AvgIpc) is 3.62. The standard InChI is InChI=1S/C53H87N3O16P2/c1-4-5-28-34-44(57)35-30-25-21-17-13-9-7-10-14-18-22-26-31-36-48(58)67-40-45(70-49(59)37-32-27-23-19-15-11-6-8-12-16-20-24-29-33-43(2)3)41-68-73(63,64)72-74(65,66)69-42-46-50(60)51(61)52(71-46)56-39-38-47(54)55-53(56)62/h5,9-10,13-14,21-22,25-26,28,30,35,38-39,43-46,50-52,57,60-61H,4,6-8,11-12,15-20,23-24,27,29,31-34,36-37,40-42H2,1-3H3,(H,63,64)(H,65,66)(H2,54,55,62)/b13-9-,14-10-,25-21+,26-22-,28-5-,35-30+/t44?,45-,46-,50-,51-,52-/m1/s1. The molecule has 8 atom stereocenters. The SMILES string of the molecule is CC/C=C\CC(O)/C=C/C=C/C/C=C\C/C=C\C/C=C\CCC(=O)OC[C@H](COP(=O)(O)OP(=O)(O)OC[C@H]1O[C@@H](n2ccc(N)nc2=O)[C@H](O)[C@@H]1O)OC(=O)CCCCCCCCCCCCCCCC(C)C. The van der Waals surface area contributed by atoms with E-state index < -0.39 is 89.8 Å². The molecule has 1 aromatic rings. The number of nitrogens with zero attached hydrogens (tertiary/aromatic N) is 2. The van der Waals surface area contributed by atoms with E-state index in [4.69, 9.17) is 29.0 Å². The fourth-order valence-corrected chi connectivity index (χ4v) is 9.60. The first-order valence-electron chi connectivity index (χ1n) is 26.4. The number of esters is 2. The highest BCUT2D eigenvalue weighted by atomic mass is 31.3. The number of allylic oxidation sites excluding steroid dienone is 10. The summed E-state index contributed by atoms with van der Waals surface area (Å²) in [4.78, 5) is 62.0. The number of hydrogen-bond donors (Lipinski definition) is 6. The van der Waals surface area contributed by atoms with Crippen LogP contribution in [0.3, 0.4) is 0 Å². The van der Waals surface area contributed by atoms with Crippen molar-refractivity contribution in [2.45, 2.75) is 199 Å². The fraction of sp³-hybridized carbons (Fsp3) is 0.660. The van der Waals surface area contributed by atoms with Crippen molar-refractivity contribution in [1.82, 2.24) is 9.55 Å². The zero-order valence-corrected chi connectivity index (χ0v) is 45.7. The van der Waals surface area contributed by atoms with Gasteiger partial charge in [0, 0.05) is 19.0 Å². The Bertz CT molecular complexity index is 2060. The quantitative estimate of drug-likeness (QED) is 0.0117. The van der Waals surface area contributed by atoms with Crippen LogP contribution in [0.4, 0.5) is 5.82 Å². The van der Waals surface area contributed by atoms with Crippen molar-refractivity contribution in [3.8, 4) is 0 Å². The molecule has 1 saturated heterocycles. The van der Waals surface area contributed by atoms with Crippen LogP contribution >= 0.6 is 15.6 Å². The van der Waals surface area contributed by atoms with Gasteiger partial charge in [-0.3, -0.25) is 23.2 Å². The zero-order chi connectivity index (χ0) is 54.5. The molecule has 1 aliphatic rings. The van der Waals surface area contributed by atoms with Gasteiger partial charge in [-0.1, -0.05) is 177 Å². The van der Waals surface area contributed by atoms with Crippen LogP contribution in [0.15, 0.2) is 90.0 Å². The maximum absolute atomic E-state index is 12.9. The molecule has 0 aliphatic carbocycles. The molecule has 420 valence electrons. The Hall–Kier alpha value is -3.84. The number of rotatable bonds is 42. The monoisotopic (exact) mass is 1080 g/mol. The van der Waals surface area contributed by atoms with E-state index in [-0.39, 0.29) is 18.7 Å². The summed E-state index contributed by atoms with van der Waals surface area (Å²) in [7, 11) is -10.9. The van der Waals surface area contributed by atoms with Crippen molar-refractivity contribution < 1.29 is 71.4 Å². The molecule has 0 saturated carbocycles. The number of ether oxygens (including phenoxy) is 3. The lowest BCUT2D eigenvalue weighted by molar-refractivity contribution is -0.161. The van der Waals surface area contributed by atoms with Gasteiger partial charge >= 0.3 is 33.3 Å². The van der Waals surface area contributed by atoms with E-state index in [1.807, 2.05) is 61.6 Å². The number of aliphatic hydroxyl groups is 3. The Labute approximate surface area is 438 Å². The van der Waals surface area contributed by atoms with Crippen LogP contribution in [0, 0.1) is 5.92 Å². The normalized spacial score (nSPS) is 20.0. The van der Waals surface area contributed by atoms with E-state index in [1.54, 1.807) is 6.08 Å². The van der Waals surface area contributed by atoms with E-state index in [1.165, 1.54) is 63.9 Å². The molecule has 0 spiro atoms. The lowest BCUT2D eigenvalue weighted by Gasteiger charge is -2.21. The Balaban J connectivity index is 1.83. The molecule has 21 heteroatoms. The van der Waals surface area contributed by atoms with Gasteiger partial charge in [0.05, 0.1) is 19.3 Å². The Kier molecular flexibility index (Phi) is 35.4. The van der Waals surface area contributed by atoms with Crippen molar-refractivity contribution >= 4 is 33.4 Å². The summed E-state index contributed by atoms with van der Waals surface area (Å²) in [6, 6.07) is 1.24. The van der Waals surface area contributed by atoms with E-state index in [0.29, 0.717) is 25.7 Å². The molecule has 1 aromatic heterocycles. The highest BCUT2D eigenvalue weighted by Gasteiger charge is 2.46. The average molecular weight is 1080 g/mol. The number of nitrogens with two attached hydrogens (primary N) is 1. The van der Waals surface area contributed by atoms with Crippen molar-refractivity contribution in [2.24, 2.45) is 5.92 Å². The first kappa shape index (κ1) is 66.3. The maximum atomic E-state index is 12.9. The van der Waals surface area contributed by atoms with Gasteiger partial charge in [-0.2, -0.15) is 9.29 Å². The topological polar surface area (TPSA) is 286 Å². The van der Waals surface area contributed by atoms with Crippen molar-refractivity contribution in [3.63, 3.8) is 0 Å². The molecule has 19 nitrogen and oxygen atoms in total. The molecule has 1 fully saturated rings. The minimum absolute atomic E-state index is 0.0158. The minimum atomic E-state index is -5.45. The molecule has 7 N–H and O–H groups in total. The van der Waals surface area contributed by atoms with Crippen LogP contribution in [-0.4, -0.2) is 96.9 Å². The Morgan fingerprint density at radius 1 is 0.757 bits per heavy atom. The third-order valence-corrected chi connectivity index (χ3v) is 14.2. The summed E-state index contributed by atoms with van der Waals surface area (Å²) in [5.41, 5.74) is 4.58. The predicted molar refractivity (Wildman–Crippen MR) is 285 cm³/mol. The third-order valence-electron chi connectivity index (χ3n) is 11.6. The first-order valence-corrected chi connectivity index (χ1v) is 29.4. The molecule has 2 rings (SSSR count). The van der Waals surface area contributed by atoms with Crippen molar-refractivity contribution in [1.29, 1.82) is 0 Å². The van der Waals surface area contributed by atoms with Gasteiger partial charge < -0.3 is 45.1 Å². The molecular formula is C53H87N3O16P2. The second-order valence-corrected chi connectivity index (χ2v) is 21.7. The van der Waals surface area contributed by atoms with Crippen LogP contribution in [-0.2, 0) is 46.3 Å². The molecular weight excluding hydrogens is 997 g/mol. The number of anilines is 1. The summed E-state index contributed by atoms with van der Waals surface area (Å²) in [6.45, 7) is 4.18. The summed E-state index contributed by atoms with van der Waals surface area (Å²) in [5, 5.41) is 30.8. The third kappa shape index (κ3) is 32.6. The van der Waals surface area contributed by atoms with Gasteiger partial charge in [-0.15, -0.1) is 0 Å². The van der Waals surface area contributed by atoms with E-state index in [0.717, 1.165) is 61.6 Å². The van der Waals surface area contributed by atoms with Gasteiger partial charge in [0.15, 0.2) is 12.3 Å². The van der Waals surface area contributed by atoms with Gasteiger partial charge in [-0.05, 0) is 56.9 Å². The van der Waals surface area contributed by atoms with Crippen LogP contribution in [0.2, 0.25) is 0 Å². The number of phosphoric acid groups is 2. The molecule has 1 aliphatic heterocycles. The Morgan fingerprint density at radius 2 is 1.34 bits per heavy atom. The smallest absolute Gasteiger partial charge is 0.462 e. The van der Waals surface area contributed by atoms with E-state index in [9.17, 15) is 48.6 Å². The second-order valence-electron chi connectivity index (χ2n) is 18.7. The molecule has 0 bridgehead atoms. The van der Waals surface area contributed by atoms with Gasteiger partial charge in [0.2, 0.25) is 0 Å². The molecule has 2 heterocycles. The number of carbonyl (C=O) groups is 2. The minimum Gasteiger partial charge on any atom is -0.462 e. The largest absolute Gasteiger partial charge is 0.481 e. The number of aromatic nitrogens is 2. The van der Waals surface area contributed by atoms with Gasteiger partial charge in [-0.25, -0.2) is 13.9 Å². The molecule has 0 aromatic carbocycles. The number of carbonyl (C=O) groups excluding carboxylic acids is 2. The fourth-order valence-electron chi connectivity index (χ4n) is 7.49. The molecule has 0 radical (unpaired) electrons. The summed E-state index contributed by atoms with van der Waals surface area (Å²) in [5.74, 6) is -0.647. The number of aliphatic hydroxyl groups excluding tert-OH is 3. The molecule has 0 amide bonds. The number of hydrogen-bond acceptors (Lipinski definition) is 16. The van der Waals surface area contributed by atoms with E-state index >= 15 is 0 Å². The van der Waals surface area contributed by atoms with Crippen LogP contribution < -0.4 is 11.4 Å². The number of phosphoric ester groups is 2. The predicted octanol–water partition coefficient (Wildman–Crippen LogP) is 10.1. The summed E-state index contributed by atoms with van der Waals surface area (Å²) >= 11 is 0. The maximum Gasteiger partial charge on any atom is 0.481 e. The lowest BCUT2D eigenvalue weighted by atomic mass is 10.0. The first-order chi connectivity index (χ1) is 35.4. The van der Waals surface area contributed by atoms with Gasteiger partial charge in [0.25, 0.3) is 0 Å². The van der Waals surface area contributed by atoms with Crippen molar-refractivity contribution in [2.75, 3.05) is 25.6 Å². The number of unbranched alkanes of at least 4 members (excludes halogenated alkanes) is 12. The lowest BCUT2D eigenvalue weighted by Crippen LogP contribution is -2.36. The second kappa shape index (κ2) is 39.5. The highest BCUT2D eigenvalue weighted by Crippen LogP contribution is 2.60. The van der Waals surface area contributed by atoms with Crippen molar-refractivity contribution in [3.05, 3.63) is 95.7 Å². The van der Waals surface area contributed by atoms with Gasteiger partial charge in [0.1, 0.15) is 30.7 Å². The number of nitrogen functional groups attached to an aromatic ring is 1. The van der Waals surface area contributed by atoms with E-state index in [2.05, 4.69) is 35.3 Å². The van der Waals surface area contributed by atoms with Crippen LogP contribution in [0.5, 0.6) is 0 Å². The highest BCUT2D eigenvalue weighted by molar-refractivity contribution is 7.61. The Morgan fingerprint density at radius 3 is 1.95 bits per heavy atom.